The fourth-order valence-corrected chi connectivity index (χ4v) is 2.89. The zero-order valence-corrected chi connectivity index (χ0v) is 15.1. The number of anilines is 1. The van der Waals surface area contributed by atoms with E-state index >= 15 is 0 Å². The Morgan fingerprint density at radius 3 is 2.19 bits per heavy atom. The predicted molar refractivity (Wildman–Crippen MR) is 98.5 cm³/mol. The molecule has 0 aliphatic carbocycles. The van der Waals surface area contributed by atoms with Crippen LogP contribution >= 0.6 is 0 Å². The van der Waals surface area contributed by atoms with E-state index in [0.717, 1.165) is 11.4 Å². The van der Waals surface area contributed by atoms with Gasteiger partial charge < -0.3 is 19.3 Å². The molecule has 1 saturated heterocycles. The average Bonchev–Trinajstić information content (AvgIpc) is 2.72. The monoisotopic (exact) mass is 372 g/mol. The van der Waals surface area contributed by atoms with Crippen LogP contribution in [0.2, 0.25) is 0 Å². The van der Waals surface area contributed by atoms with Gasteiger partial charge >= 0.3 is 5.97 Å². The Balaban J connectivity index is 1.46. The molecule has 1 aliphatic heterocycles. The summed E-state index contributed by atoms with van der Waals surface area (Å²) < 4.78 is 23.1. The smallest absolute Gasteiger partial charge is 0.338 e. The molecule has 0 spiro atoms. The van der Waals surface area contributed by atoms with Crippen molar-refractivity contribution in [1.82, 2.24) is 4.90 Å². The number of carbonyl (C=O) groups excluding carboxylic acids is 2. The number of hydrogen-bond acceptors (Lipinski definition) is 5. The molecule has 0 unspecified atom stereocenters. The second kappa shape index (κ2) is 8.53. The van der Waals surface area contributed by atoms with Gasteiger partial charge in [-0.15, -0.1) is 0 Å². The van der Waals surface area contributed by atoms with Crippen LogP contribution in [-0.4, -0.2) is 56.7 Å². The highest BCUT2D eigenvalue weighted by Crippen LogP contribution is 2.20. The van der Waals surface area contributed by atoms with Crippen LogP contribution in [0.4, 0.5) is 10.1 Å². The lowest BCUT2D eigenvalue weighted by Crippen LogP contribution is -2.49. The normalized spacial score (nSPS) is 14.0. The lowest BCUT2D eigenvalue weighted by molar-refractivity contribution is -0.134. The number of nitrogens with zero attached hydrogens (tertiary/aromatic N) is 2. The number of amides is 1. The van der Waals surface area contributed by atoms with E-state index < -0.39 is 11.8 Å². The highest BCUT2D eigenvalue weighted by molar-refractivity contribution is 5.91. The second-order valence-corrected chi connectivity index (χ2v) is 6.15. The maximum Gasteiger partial charge on any atom is 0.338 e. The molecule has 27 heavy (non-hydrogen) atoms. The summed E-state index contributed by atoms with van der Waals surface area (Å²) in [5, 5.41) is 0. The van der Waals surface area contributed by atoms with Gasteiger partial charge in [0, 0.05) is 31.9 Å². The minimum Gasteiger partial charge on any atom is -0.497 e. The lowest BCUT2D eigenvalue weighted by atomic mass is 10.2. The molecule has 0 bridgehead atoms. The first kappa shape index (κ1) is 18.7. The van der Waals surface area contributed by atoms with Gasteiger partial charge in [0.15, 0.2) is 6.61 Å². The van der Waals surface area contributed by atoms with Crippen LogP contribution in [0.3, 0.4) is 0 Å². The van der Waals surface area contributed by atoms with E-state index in [1.807, 2.05) is 24.3 Å². The van der Waals surface area contributed by atoms with Crippen LogP contribution in [0.5, 0.6) is 5.75 Å². The summed E-state index contributed by atoms with van der Waals surface area (Å²) in [6.07, 6.45) is 0. The minimum absolute atomic E-state index is 0.216. The Morgan fingerprint density at radius 2 is 1.59 bits per heavy atom. The summed E-state index contributed by atoms with van der Waals surface area (Å²) in [7, 11) is 1.63. The fraction of sp³-hybridized carbons (Fsp3) is 0.300. The van der Waals surface area contributed by atoms with E-state index in [4.69, 9.17) is 9.47 Å². The number of carbonyl (C=O) groups is 2. The number of methoxy groups -OCH3 is 1. The molecule has 1 fully saturated rings. The molecule has 1 aliphatic rings. The van der Waals surface area contributed by atoms with Crippen molar-refractivity contribution in [3.05, 3.63) is 59.9 Å². The summed E-state index contributed by atoms with van der Waals surface area (Å²) in [5.74, 6) is -0.507. The van der Waals surface area contributed by atoms with Crippen LogP contribution in [0.1, 0.15) is 10.4 Å². The largest absolute Gasteiger partial charge is 0.497 e. The Labute approximate surface area is 157 Å². The number of hydrogen-bond donors (Lipinski definition) is 0. The van der Waals surface area contributed by atoms with Crippen molar-refractivity contribution in [1.29, 1.82) is 0 Å². The van der Waals surface area contributed by atoms with Crippen molar-refractivity contribution in [3.63, 3.8) is 0 Å². The molecule has 0 atom stereocenters. The molecular formula is C20H21FN2O4. The molecule has 2 aromatic rings. The van der Waals surface area contributed by atoms with E-state index in [-0.39, 0.29) is 18.1 Å². The van der Waals surface area contributed by atoms with Gasteiger partial charge in [-0.25, -0.2) is 9.18 Å². The summed E-state index contributed by atoms with van der Waals surface area (Å²) >= 11 is 0. The predicted octanol–water partition coefficient (Wildman–Crippen LogP) is 2.34. The van der Waals surface area contributed by atoms with Gasteiger partial charge in [-0.1, -0.05) is 0 Å². The number of ether oxygens (including phenoxy) is 2. The molecule has 0 saturated carbocycles. The van der Waals surface area contributed by atoms with Crippen LogP contribution < -0.4 is 9.64 Å². The van der Waals surface area contributed by atoms with E-state index in [0.29, 0.717) is 26.2 Å². The molecule has 3 rings (SSSR count). The Hall–Kier alpha value is -3.09. The quantitative estimate of drug-likeness (QED) is 0.754. The molecule has 1 amide bonds. The van der Waals surface area contributed by atoms with E-state index in [1.54, 1.807) is 12.0 Å². The topological polar surface area (TPSA) is 59.1 Å². The molecule has 2 aromatic carbocycles. The Morgan fingerprint density at radius 1 is 0.963 bits per heavy atom. The third-order valence-corrected chi connectivity index (χ3v) is 4.48. The van der Waals surface area contributed by atoms with Gasteiger partial charge in [0.25, 0.3) is 5.91 Å². The highest BCUT2D eigenvalue weighted by atomic mass is 19.1. The maximum absolute atomic E-state index is 12.9. The first-order chi connectivity index (χ1) is 13.1. The molecule has 0 N–H and O–H groups in total. The standard InChI is InChI=1S/C20H21FN2O4/c1-26-18-8-6-17(7-9-18)22-10-12-23(13-11-22)19(24)14-27-20(25)15-2-4-16(21)5-3-15/h2-9H,10-14H2,1H3. The highest BCUT2D eigenvalue weighted by Gasteiger charge is 2.22. The summed E-state index contributed by atoms with van der Waals surface area (Å²) in [5.41, 5.74) is 1.29. The van der Waals surface area contributed by atoms with Crippen molar-refractivity contribution < 1.29 is 23.5 Å². The Bertz CT molecular complexity index is 785. The number of halogens is 1. The summed E-state index contributed by atoms with van der Waals surface area (Å²) in [6, 6.07) is 12.8. The minimum atomic E-state index is -0.639. The third-order valence-electron chi connectivity index (χ3n) is 4.48. The first-order valence-electron chi connectivity index (χ1n) is 8.66. The zero-order chi connectivity index (χ0) is 19.2. The number of rotatable bonds is 5. The zero-order valence-electron chi connectivity index (χ0n) is 15.1. The van der Waals surface area contributed by atoms with Gasteiger partial charge in [0.1, 0.15) is 11.6 Å². The van der Waals surface area contributed by atoms with E-state index in [9.17, 15) is 14.0 Å². The SMILES string of the molecule is COc1ccc(N2CCN(C(=O)COC(=O)c3ccc(F)cc3)CC2)cc1. The number of piperazine rings is 1. The van der Waals surface area contributed by atoms with E-state index in [1.165, 1.54) is 24.3 Å². The van der Waals surface area contributed by atoms with Crippen molar-refractivity contribution >= 4 is 17.6 Å². The van der Waals surface area contributed by atoms with Gasteiger partial charge in [-0.05, 0) is 48.5 Å². The molecule has 0 radical (unpaired) electrons. The molecule has 142 valence electrons. The van der Waals surface area contributed by atoms with Crippen LogP contribution in [0, 0.1) is 5.82 Å². The van der Waals surface area contributed by atoms with Crippen molar-refractivity contribution in [2.45, 2.75) is 0 Å². The van der Waals surface area contributed by atoms with Crippen molar-refractivity contribution in [2.75, 3.05) is 44.8 Å². The number of benzene rings is 2. The van der Waals surface area contributed by atoms with Crippen LogP contribution in [0.25, 0.3) is 0 Å². The molecule has 0 aromatic heterocycles. The van der Waals surface area contributed by atoms with E-state index in [2.05, 4.69) is 4.90 Å². The Kier molecular flexibility index (Phi) is 5.90. The van der Waals surface area contributed by atoms with Crippen LogP contribution in [-0.2, 0) is 9.53 Å². The third kappa shape index (κ3) is 4.75. The van der Waals surface area contributed by atoms with Gasteiger partial charge in [0.2, 0.25) is 0 Å². The van der Waals surface area contributed by atoms with Gasteiger partial charge in [-0.3, -0.25) is 4.79 Å². The number of esters is 1. The first-order valence-corrected chi connectivity index (χ1v) is 8.66. The van der Waals surface area contributed by atoms with Crippen molar-refractivity contribution in [3.8, 4) is 5.75 Å². The molecular weight excluding hydrogens is 351 g/mol. The molecule has 1 heterocycles. The fourth-order valence-electron chi connectivity index (χ4n) is 2.89. The maximum atomic E-state index is 12.9. The lowest BCUT2D eigenvalue weighted by Gasteiger charge is -2.36. The second-order valence-electron chi connectivity index (χ2n) is 6.15. The summed E-state index contributed by atoms with van der Waals surface area (Å²) in [4.78, 5) is 28.0. The molecule has 6 nitrogen and oxygen atoms in total. The van der Waals surface area contributed by atoms with Crippen LogP contribution in [0.15, 0.2) is 48.5 Å². The summed E-state index contributed by atoms with van der Waals surface area (Å²) in [6.45, 7) is 2.19. The average molecular weight is 372 g/mol. The van der Waals surface area contributed by atoms with Crippen molar-refractivity contribution in [2.24, 2.45) is 0 Å². The van der Waals surface area contributed by atoms with Gasteiger partial charge in [0.05, 0.1) is 12.7 Å². The molecule has 7 heteroatoms. The van der Waals surface area contributed by atoms with Gasteiger partial charge in [-0.2, -0.15) is 0 Å².